The molecule has 1 fully saturated rings. The Morgan fingerprint density at radius 3 is 2.65 bits per heavy atom. The van der Waals surface area contributed by atoms with E-state index in [4.69, 9.17) is 23.2 Å². The van der Waals surface area contributed by atoms with E-state index in [0.29, 0.717) is 21.6 Å². The maximum absolute atomic E-state index is 12.1. The van der Waals surface area contributed by atoms with Gasteiger partial charge in [-0.05, 0) is 42.3 Å². The highest BCUT2D eigenvalue weighted by Crippen LogP contribution is 2.31. The summed E-state index contributed by atoms with van der Waals surface area (Å²) in [6, 6.07) is 13.0. The molecule has 1 N–H and O–H groups in total. The predicted molar refractivity (Wildman–Crippen MR) is 101 cm³/mol. The normalized spacial score (nSPS) is 19.2. The molecule has 3 nitrogen and oxygen atoms in total. The van der Waals surface area contributed by atoms with Gasteiger partial charge < -0.3 is 5.32 Å². The van der Waals surface area contributed by atoms with E-state index in [-0.39, 0.29) is 11.2 Å². The van der Waals surface area contributed by atoms with Crippen LogP contribution in [0.15, 0.2) is 51.9 Å². The van der Waals surface area contributed by atoms with E-state index in [1.54, 1.807) is 6.07 Å². The van der Waals surface area contributed by atoms with Crippen LogP contribution in [0, 0.1) is 0 Å². The van der Waals surface area contributed by atoms with Gasteiger partial charge in [-0.1, -0.05) is 63.0 Å². The predicted octanol–water partition coefficient (Wildman–Crippen LogP) is 5.22. The van der Waals surface area contributed by atoms with Crippen molar-refractivity contribution >= 4 is 67.7 Å². The Hall–Kier alpha value is -1.01. The molecule has 0 bridgehead atoms. The number of nitrogens with one attached hydrogen (secondary N) is 1. The summed E-state index contributed by atoms with van der Waals surface area (Å²) in [4.78, 5) is 16.6. The van der Waals surface area contributed by atoms with E-state index in [2.05, 4.69) is 26.2 Å². The van der Waals surface area contributed by atoms with Gasteiger partial charge in [-0.25, -0.2) is 4.99 Å². The Labute approximate surface area is 156 Å². The highest BCUT2D eigenvalue weighted by atomic mass is 79.9. The van der Waals surface area contributed by atoms with Crippen LogP contribution in [0.25, 0.3) is 0 Å². The number of hydrogen-bond donors (Lipinski definition) is 1. The molecular weight excluding hydrogens is 419 g/mol. The first-order chi connectivity index (χ1) is 11.0. The van der Waals surface area contributed by atoms with Gasteiger partial charge in [-0.15, -0.1) is 0 Å². The van der Waals surface area contributed by atoms with E-state index in [9.17, 15) is 4.79 Å². The minimum absolute atomic E-state index is 0.0677. The third-order valence-electron chi connectivity index (χ3n) is 3.27. The molecule has 3 rings (SSSR count). The van der Waals surface area contributed by atoms with Gasteiger partial charge in [-0.2, -0.15) is 0 Å². The molecule has 1 saturated heterocycles. The fourth-order valence-corrected chi connectivity index (χ4v) is 3.81. The summed E-state index contributed by atoms with van der Waals surface area (Å²) in [5.41, 5.74) is 1.65. The number of nitrogens with zero attached hydrogens (tertiary/aromatic N) is 1. The molecule has 2 aromatic carbocycles. The molecule has 1 amide bonds. The Kier molecular flexibility index (Phi) is 5.31. The molecule has 1 atom stereocenters. The van der Waals surface area contributed by atoms with Crippen LogP contribution in [0.2, 0.25) is 10.0 Å². The van der Waals surface area contributed by atoms with Crippen LogP contribution in [0.3, 0.4) is 0 Å². The lowest BCUT2D eigenvalue weighted by molar-refractivity contribution is -0.118. The Balaban J connectivity index is 1.75. The second-order valence-electron chi connectivity index (χ2n) is 4.91. The van der Waals surface area contributed by atoms with Gasteiger partial charge >= 0.3 is 0 Å². The lowest BCUT2D eigenvalue weighted by Gasteiger charge is -2.08. The number of hydrogen-bond acceptors (Lipinski definition) is 3. The second kappa shape index (κ2) is 7.26. The quantitative estimate of drug-likeness (QED) is 0.726. The van der Waals surface area contributed by atoms with Crippen molar-refractivity contribution in [2.45, 2.75) is 11.7 Å². The van der Waals surface area contributed by atoms with Crippen LogP contribution >= 0.6 is 50.9 Å². The molecule has 0 spiro atoms. The largest absolute Gasteiger partial charge is 0.304 e. The standard InChI is InChI=1S/C16H11BrCl2N2OS/c17-10-4-6-11(7-5-10)20-16-21-15(22)13(23-16)8-9-2-1-3-12(18)14(9)19/h1-7,13H,8H2,(H,20,21,22)/t13-/m0/s1. The first-order valence-electron chi connectivity index (χ1n) is 6.77. The van der Waals surface area contributed by atoms with E-state index < -0.39 is 0 Å². The maximum atomic E-state index is 12.1. The number of thioether (sulfide) groups is 1. The number of halogens is 3. The van der Waals surface area contributed by atoms with Crippen molar-refractivity contribution in [3.05, 3.63) is 62.5 Å². The van der Waals surface area contributed by atoms with Crippen molar-refractivity contribution < 1.29 is 4.79 Å². The maximum Gasteiger partial charge on any atom is 0.239 e. The topological polar surface area (TPSA) is 41.5 Å². The highest BCUT2D eigenvalue weighted by molar-refractivity contribution is 9.10. The van der Waals surface area contributed by atoms with Gasteiger partial charge in [0.15, 0.2) is 5.17 Å². The Bertz CT molecular complexity index is 780. The molecule has 1 heterocycles. The number of carbonyl (C=O) groups is 1. The van der Waals surface area contributed by atoms with Gasteiger partial charge in [0, 0.05) is 4.47 Å². The van der Waals surface area contributed by atoms with Gasteiger partial charge in [0.25, 0.3) is 0 Å². The van der Waals surface area contributed by atoms with Crippen LogP contribution in [-0.2, 0) is 11.2 Å². The van der Waals surface area contributed by atoms with E-state index in [1.165, 1.54) is 11.8 Å². The van der Waals surface area contributed by atoms with Crippen molar-refractivity contribution in [3.8, 4) is 0 Å². The van der Waals surface area contributed by atoms with Crippen LogP contribution < -0.4 is 5.32 Å². The van der Waals surface area contributed by atoms with Crippen molar-refractivity contribution in [2.24, 2.45) is 4.99 Å². The summed E-state index contributed by atoms with van der Waals surface area (Å²) in [6.07, 6.45) is 0.509. The average Bonchev–Trinajstić information content (AvgIpc) is 2.86. The number of rotatable bonds is 3. The number of carbonyl (C=O) groups excluding carboxylic acids is 1. The summed E-state index contributed by atoms with van der Waals surface area (Å²) >= 11 is 17.0. The molecule has 0 aromatic heterocycles. The van der Waals surface area contributed by atoms with E-state index in [1.807, 2.05) is 36.4 Å². The smallest absolute Gasteiger partial charge is 0.239 e. The Morgan fingerprint density at radius 1 is 1.17 bits per heavy atom. The Morgan fingerprint density at radius 2 is 1.91 bits per heavy atom. The van der Waals surface area contributed by atoms with Crippen LogP contribution in [0.5, 0.6) is 0 Å². The van der Waals surface area contributed by atoms with Crippen LogP contribution in [0.4, 0.5) is 5.69 Å². The second-order valence-corrected chi connectivity index (χ2v) is 7.80. The summed E-state index contributed by atoms with van der Waals surface area (Å²) in [5, 5.41) is 4.14. The minimum atomic E-state index is -0.264. The molecule has 2 aromatic rings. The molecule has 0 radical (unpaired) electrons. The third kappa shape index (κ3) is 4.10. The number of aliphatic imine (C=N–C) groups is 1. The summed E-state index contributed by atoms with van der Waals surface area (Å²) in [7, 11) is 0. The van der Waals surface area contributed by atoms with Crippen molar-refractivity contribution in [3.63, 3.8) is 0 Å². The van der Waals surface area contributed by atoms with Gasteiger partial charge in [0.05, 0.1) is 21.0 Å². The van der Waals surface area contributed by atoms with Crippen LogP contribution in [-0.4, -0.2) is 16.3 Å². The van der Waals surface area contributed by atoms with Crippen LogP contribution in [0.1, 0.15) is 5.56 Å². The molecule has 1 aliphatic rings. The molecule has 7 heteroatoms. The number of benzene rings is 2. The summed E-state index contributed by atoms with van der Waals surface area (Å²) in [5.74, 6) is -0.0677. The van der Waals surface area contributed by atoms with Crippen molar-refractivity contribution in [1.29, 1.82) is 0 Å². The first-order valence-corrected chi connectivity index (χ1v) is 9.20. The van der Waals surface area contributed by atoms with E-state index >= 15 is 0 Å². The van der Waals surface area contributed by atoms with Gasteiger partial charge in [0.1, 0.15) is 0 Å². The summed E-state index contributed by atoms with van der Waals surface area (Å²) in [6.45, 7) is 0. The zero-order valence-corrected chi connectivity index (χ0v) is 15.6. The summed E-state index contributed by atoms with van der Waals surface area (Å²) < 4.78 is 0.984. The molecule has 1 aliphatic heterocycles. The zero-order valence-electron chi connectivity index (χ0n) is 11.7. The van der Waals surface area contributed by atoms with Gasteiger partial charge in [-0.3, -0.25) is 4.79 Å². The molecule has 118 valence electrons. The number of amidine groups is 1. The first kappa shape index (κ1) is 16.8. The fraction of sp³-hybridized carbons (Fsp3) is 0.125. The van der Waals surface area contributed by atoms with Gasteiger partial charge in [0.2, 0.25) is 5.91 Å². The SMILES string of the molecule is O=C1NC(=Nc2ccc(Br)cc2)S[C@H]1Cc1cccc(Cl)c1Cl. The minimum Gasteiger partial charge on any atom is -0.304 e. The molecule has 23 heavy (non-hydrogen) atoms. The number of amides is 1. The van der Waals surface area contributed by atoms with Crippen molar-refractivity contribution in [1.82, 2.24) is 5.32 Å². The lowest BCUT2D eigenvalue weighted by atomic mass is 10.1. The van der Waals surface area contributed by atoms with E-state index in [0.717, 1.165) is 15.7 Å². The molecular formula is C16H11BrCl2N2OS. The molecule has 0 aliphatic carbocycles. The monoisotopic (exact) mass is 428 g/mol. The molecule has 0 unspecified atom stereocenters. The van der Waals surface area contributed by atoms with Crippen molar-refractivity contribution in [2.75, 3.05) is 0 Å². The average molecular weight is 430 g/mol. The third-order valence-corrected chi connectivity index (χ3v) is 5.74. The highest BCUT2D eigenvalue weighted by Gasteiger charge is 2.31. The zero-order chi connectivity index (χ0) is 16.4. The fourth-order valence-electron chi connectivity index (χ4n) is 2.13. The lowest BCUT2D eigenvalue weighted by Crippen LogP contribution is -2.26. The molecule has 0 saturated carbocycles.